The molecular weight excluding hydrogens is 444 g/mol. The first-order chi connectivity index (χ1) is 16.9. The van der Waals surface area contributed by atoms with E-state index in [0.29, 0.717) is 5.41 Å². The fourth-order valence-corrected chi connectivity index (χ4v) is 5.83. The molecule has 7 heteroatoms. The third-order valence-corrected chi connectivity index (χ3v) is 7.84. The van der Waals surface area contributed by atoms with Crippen LogP contribution in [0.3, 0.4) is 0 Å². The first-order valence-corrected chi connectivity index (χ1v) is 12.6. The topological polar surface area (TPSA) is 105 Å². The fraction of sp³-hybridized carbons (Fsp3) is 0.464. The highest BCUT2D eigenvalue weighted by molar-refractivity contribution is 5.86. The second-order valence-electron chi connectivity index (χ2n) is 10.3. The Balaban J connectivity index is 1.21. The molecule has 3 aliphatic carbocycles. The van der Waals surface area contributed by atoms with Gasteiger partial charge in [-0.3, -0.25) is 9.59 Å². The molecule has 1 spiro atoms. The lowest BCUT2D eigenvalue weighted by molar-refractivity contribution is -0.137. The van der Waals surface area contributed by atoms with Gasteiger partial charge in [0.25, 0.3) is 0 Å². The van der Waals surface area contributed by atoms with Crippen LogP contribution in [0.25, 0.3) is 11.1 Å². The number of carboxylic acid groups (broad SMARTS) is 1. The maximum atomic E-state index is 13.0. The second kappa shape index (κ2) is 9.72. The van der Waals surface area contributed by atoms with Crippen molar-refractivity contribution < 1.29 is 24.2 Å². The molecule has 0 aliphatic heterocycles. The Labute approximate surface area is 205 Å². The monoisotopic (exact) mass is 476 g/mol. The Bertz CT molecular complexity index is 1080. The number of benzene rings is 2. The molecule has 2 atom stereocenters. The van der Waals surface area contributed by atoms with E-state index in [1.165, 1.54) is 19.3 Å². The molecule has 0 bridgehead atoms. The number of nitrogens with one attached hydrogen (secondary N) is 2. The molecule has 2 amide bonds. The molecule has 2 aromatic rings. The molecule has 2 aromatic carbocycles. The van der Waals surface area contributed by atoms with Gasteiger partial charge in [0.15, 0.2) is 0 Å². The number of carboxylic acids is 1. The van der Waals surface area contributed by atoms with Crippen LogP contribution in [0.2, 0.25) is 0 Å². The SMILES string of the molecule is O=C(O)CCC(NC(=O)OCC1c2ccccc2-c2ccccc21)C(=O)NC1CCCC2(CC2)C1. The molecule has 35 heavy (non-hydrogen) atoms. The van der Waals surface area contributed by atoms with Gasteiger partial charge in [-0.25, -0.2) is 4.79 Å². The number of fused-ring (bicyclic) bond motifs is 3. The van der Waals surface area contributed by atoms with Gasteiger partial charge in [-0.05, 0) is 66.2 Å². The van der Waals surface area contributed by atoms with Crippen molar-refractivity contribution in [3.63, 3.8) is 0 Å². The molecular formula is C28H32N2O5. The summed E-state index contributed by atoms with van der Waals surface area (Å²) in [6, 6.07) is 15.3. The van der Waals surface area contributed by atoms with Crippen molar-refractivity contribution >= 4 is 18.0 Å². The molecule has 0 saturated heterocycles. The van der Waals surface area contributed by atoms with E-state index in [-0.39, 0.29) is 37.3 Å². The fourth-order valence-electron chi connectivity index (χ4n) is 5.83. The Hall–Kier alpha value is -3.35. The summed E-state index contributed by atoms with van der Waals surface area (Å²) in [5.41, 5.74) is 4.88. The van der Waals surface area contributed by atoms with Gasteiger partial charge in [0.2, 0.25) is 5.91 Å². The predicted octanol–water partition coefficient (Wildman–Crippen LogP) is 4.60. The van der Waals surface area contributed by atoms with Crippen LogP contribution in [-0.2, 0) is 14.3 Å². The number of aliphatic carboxylic acids is 1. The summed E-state index contributed by atoms with van der Waals surface area (Å²) in [6.45, 7) is 0.137. The van der Waals surface area contributed by atoms with E-state index in [9.17, 15) is 14.4 Å². The van der Waals surface area contributed by atoms with Crippen molar-refractivity contribution in [1.29, 1.82) is 0 Å². The van der Waals surface area contributed by atoms with Crippen LogP contribution in [0.1, 0.15) is 68.4 Å². The average Bonchev–Trinajstić information content (AvgIpc) is 3.51. The van der Waals surface area contributed by atoms with Crippen molar-refractivity contribution in [2.45, 2.75) is 69.4 Å². The number of carbonyl (C=O) groups is 3. The van der Waals surface area contributed by atoms with Crippen molar-refractivity contribution in [2.24, 2.45) is 5.41 Å². The highest BCUT2D eigenvalue weighted by Crippen LogP contribution is 2.56. The van der Waals surface area contributed by atoms with E-state index in [1.54, 1.807) is 0 Å². The minimum Gasteiger partial charge on any atom is -0.481 e. The van der Waals surface area contributed by atoms with Crippen LogP contribution >= 0.6 is 0 Å². The summed E-state index contributed by atoms with van der Waals surface area (Å²) in [5.74, 6) is -1.43. The first-order valence-electron chi connectivity index (χ1n) is 12.6. The van der Waals surface area contributed by atoms with Crippen molar-refractivity contribution in [2.75, 3.05) is 6.61 Å². The molecule has 3 N–H and O–H groups in total. The van der Waals surface area contributed by atoms with E-state index in [4.69, 9.17) is 9.84 Å². The Morgan fingerprint density at radius 3 is 2.29 bits per heavy atom. The summed E-state index contributed by atoms with van der Waals surface area (Å²) < 4.78 is 5.58. The highest BCUT2D eigenvalue weighted by Gasteiger charge is 2.46. The summed E-state index contributed by atoms with van der Waals surface area (Å²) in [4.78, 5) is 36.9. The van der Waals surface area contributed by atoms with Crippen LogP contribution < -0.4 is 10.6 Å². The molecule has 3 aliphatic rings. The van der Waals surface area contributed by atoms with E-state index >= 15 is 0 Å². The zero-order valence-electron chi connectivity index (χ0n) is 19.8. The molecule has 0 radical (unpaired) electrons. The largest absolute Gasteiger partial charge is 0.481 e. The highest BCUT2D eigenvalue weighted by atomic mass is 16.5. The number of amides is 2. The maximum absolute atomic E-state index is 13.0. The number of hydrogen-bond donors (Lipinski definition) is 3. The lowest BCUT2D eigenvalue weighted by Crippen LogP contribution is -2.51. The third kappa shape index (κ3) is 5.19. The number of hydrogen-bond acceptors (Lipinski definition) is 4. The summed E-state index contributed by atoms with van der Waals surface area (Å²) >= 11 is 0. The van der Waals surface area contributed by atoms with E-state index in [2.05, 4.69) is 22.8 Å². The lowest BCUT2D eigenvalue weighted by atomic mass is 9.83. The van der Waals surface area contributed by atoms with Crippen molar-refractivity contribution in [3.05, 3.63) is 59.7 Å². The zero-order valence-corrected chi connectivity index (χ0v) is 19.8. The van der Waals surface area contributed by atoms with Gasteiger partial charge >= 0.3 is 12.1 Å². The number of ether oxygens (including phenoxy) is 1. The maximum Gasteiger partial charge on any atom is 0.407 e. The van der Waals surface area contributed by atoms with Gasteiger partial charge in [-0.1, -0.05) is 55.0 Å². The van der Waals surface area contributed by atoms with Gasteiger partial charge in [0.1, 0.15) is 12.6 Å². The quantitative estimate of drug-likeness (QED) is 0.517. The summed E-state index contributed by atoms with van der Waals surface area (Å²) in [5, 5.41) is 14.8. The molecule has 2 unspecified atom stereocenters. The zero-order chi connectivity index (χ0) is 24.4. The number of carbonyl (C=O) groups excluding carboxylic acids is 2. The minimum atomic E-state index is -1.01. The standard InChI is InChI=1S/C28H32N2O5/c31-25(32)12-11-24(26(33)29-18-6-5-13-28(16-18)14-15-28)30-27(34)35-17-23-21-9-3-1-7-19(21)20-8-2-4-10-22(20)23/h1-4,7-10,18,23-24H,5-6,11-17H2,(H,29,33)(H,30,34)(H,31,32). The van der Waals surface area contributed by atoms with E-state index < -0.39 is 18.1 Å². The van der Waals surface area contributed by atoms with Gasteiger partial charge in [0.05, 0.1) is 0 Å². The molecule has 0 heterocycles. The number of alkyl carbamates (subject to hydrolysis) is 1. The minimum absolute atomic E-state index is 0.0171. The van der Waals surface area contributed by atoms with Crippen LogP contribution in [-0.4, -0.2) is 41.8 Å². The van der Waals surface area contributed by atoms with E-state index in [0.717, 1.165) is 41.5 Å². The van der Waals surface area contributed by atoms with Crippen LogP contribution in [0.5, 0.6) is 0 Å². The smallest absolute Gasteiger partial charge is 0.407 e. The van der Waals surface area contributed by atoms with Crippen LogP contribution in [0.15, 0.2) is 48.5 Å². The molecule has 5 rings (SSSR count). The van der Waals surface area contributed by atoms with Crippen LogP contribution in [0.4, 0.5) is 4.79 Å². The third-order valence-electron chi connectivity index (χ3n) is 7.84. The normalized spacial score (nSPS) is 20.4. The second-order valence-corrected chi connectivity index (χ2v) is 10.3. The van der Waals surface area contributed by atoms with Gasteiger partial charge in [0, 0.05) is 18.4 Å². The van der Waals surface area contributed by atoms with E-state index in [1.807, 2.05) is 36.4 Å². The molecule has 2 fully saturated rings. The molecule has 0 aromatic heterocycles. The van der Waals surface area contributed by atoms with Gasteiger partial charge in [-0.2, -0.15) is 0 Å². The summed E-state index contributed by atoms with van der Waals surface area (Å²) in [7, 11) is 0. The Morgan fingerprint density at radius 1 is 1.00 bits per heavy atom. The number of rotatable bonds is 8. The Morgan fingerprint density at radius 2 is 1.66 bits per heavy atom. The predicted molar refractivity (Wildman–Crippen MR) is 131 cm³/mol. The van der Waals surface area contributed by atoms with Gasteiger partial charge in [-0.15, -0.1) is 0 Å². The summed E-state index contributed by atoms with van der Waals surface area (Å²) in [6.07, 6.45) is 5.74. The van der Waals surface area contributed by atoms with Gasteiger partial charge < -0.3 is 20.5 Å². The first kappa shape index (κ1) is 23.4. The molecule has 2 saturated carbocycles. The Kier molecular flexibility index (Phi) is 6.50. The van der Waals surface area contributed by atoms with Crippen molar-refractivity contribution in [3.8, 4) is 11.1 Å². The average molecular weight is 477 g/mol. The molecule has 184 valence electrons. The lowest BCUT2D eigenvalue weighted by Gasteiger charge is -2.31. The van der Waals surface area contributed by atoms with Crippen LogP contribution in [0, 0.1) is 5.41 Å². The van der Waals surface area contributed by atoms with Crippen molar-refractivity contribution in [1.82, 2.24) is 10.6 Å². The molecule has 7 nitrogen and oxygen atoms in total.